The molecule has 1 saturated heterocycles. The second-order valence-corrected chi connectivity index (χ2v) is 6.20. The lowest BCUT2D eigenvalue weighted by molar-refractivity contribution is 0.00431. The molecule has 2 atom stereocenters. The van der Waals surface area contributed by atoms with Crippen LogP contribution in [0.1, 0.15) is 37.3 Å². The van der Waals surface area contributed by atoms with Crippen molar-refractivity contribution in [1.82, 2.24) is 24.7 Å². The van der Waals surface area contributed by atoms with Gasteiger partial charge in [-0.1, -0.05) is 6.07 Å². The van der Waals surface area contributed by atoms with Crippen LogP contribution in [0, 0.1) is 0 Å². The Morgan fingerprint density at radius 2 is 2.33 bits per heavy atom. The van der Waals surface area contributed by atoms with Gasteiger partial charge in [-0.3, -0.25) is 9.78 Å². The number of aromatic nitrogens is 5. The first-order chi connectivity index (χ1) is 11.7. The number of fused-ring (bicyclic) bond motifs is 1. The van der Waals surface area contributed by atoms with Gasteiger partial charge in [-0.05, 0) is 31.9 Å². The van der Waals surface area contributed by atoms with Crippen molar-refractivity contribution in [2.45, 2.75) is 38.3 Å². The summed E-state index contributed by atoms with van der Waals surface area (Å²) in [7, 11) is 0. The number of hydrogen-bond acceptors (Lipinski definition) is 5. The molecule has 0 amide bonds. The normalized spacial score (nSPS) is 21.2. The summed E-state index contributed by atoms with van der Waals surface area (Å²) in [4.78, 5) is 24.1. The van der Waals surface area contributed by atoms with Crippen molar-refractivity contribution >= 4 is 11.0 Å². The van der Waals surface area contributed by atoms with E-state index < -0.39 is 0 Å². The lowest BCUT2D eigenvalue weighted by Crippen LogP contribution is -2.26. The summed E-state index contributed by atoms with van der Waals surface area (Å²) >= 11 is 0. The number of nitrogens with one attached hydrogen (secondary N) is 1. The molecular formula is C17H19N5O2. The first kappa shape index (κ1) is 15.0. The van der Waals surface area contributed by atoms with Crippen LogP contribution in [-0.2, 0) is 11.2 Å². The van der Waals surface area contributed by atoms with Gasteiger partial charge in [-0.15, -0.1) is 0 Å². The maximum absolute atomic E-state index is 12.4. The summed E-state index contributed by atoms with van der Waals surface area (Å²) in [5.41, 5.74) is 1.35. The van der Waals surface area contributed by atoms with E-state index in [9.17, 15) is 4.79 Å². The van der Waals surface area contributed by atoms with Crippen molar-refractivity contribution in [1.29, 1.82) is 0 Å². The minimum Gasteiger partial charge on any atom is -0.378 e. The zero-order valence-corrected chi connectivity index (χ0v) is 13.5. The highest BCUT2D eigenvalue weighted by atomic mass is 16.5. The van der Waals surface area contributed by atoms with Gasteiger partial charge in [-0.25, -0.2) is 9.67 Å². The zero-order chi connectivity index (χ0) is 16.5. The Kier molecular flexibility index (Phi) is 3.86. The molecule has 0 saturated carbocycles. The molecule has 7 nitrogen and oxygen atoms in total. The fraction of sp³-hybridized carbons (Fsp3) is 0.412. The fourth-order valence-corrected chi connectivity index (χ4v) is 3.20. The predicted octanol–water partition coefficient (Wildman–Crippen LogP) is 1.85. The van der Waals surface area contributed by atoms with Crippen LogP contribution in [0.2, 0.25) is 0 Å². The summed E-state index contributed by atoms with van der Waals surface area (Å²) in [6, 6.07) is 5.92. The van der Waals surface area contributed by atoms with Crippen LogP contribution in [0.15, 0.2) is 35.4 Å². The maximum atomic E-state index is 12.4. The molecule has 1 aliphatic heterocycles. The molecule has 1 fully saturated rings. The first-order valence-corrected chi connectivity index (χ1v) is 8.18. The Morgan fingerprint density at radius 1 is 1.42 bits per heavy atom. The van der Waals surface area contributed by atoms with E-state index in [2.05, 4.69) is 27.0 Å². The molecule has 0 aromatic carbocycles. The summed E-state index contributed by atoms with van der Waals surface area (Å²) in [6.07, 6.45) is 5.77. The lowest BCUT2D eigenvalue weighted by Gasteiger charge is -2.27. The molecular weight excluding hydrogens is 306 g/mol. The van der Waals surface area contributed by atoms with Gasteiger partial charge < -0.3 is 9.72 Å². The van der Waals surface area contributed by atoms with Gasteiger partial charge in [0.1, 0.15) is 11.2 Å². The van der Waals surface area contributed by atoms with E-state index in [1.54, 1.807) is 12.4 Å². The highest BCUT2D eigenvalue weighted by molar-refractivity contribution is 5.73. The molecule has 1 N–H and O–H groups in total. The molecule has 3 aromatic rings. The van der Waals surface area contributed by atoms with E-state index >= 15 is 0 Å². The van der Waals surface area contributed by atoms with E-state index in [4.69, 9.17) is 4.74 Å². The number of hydrogen-bond donors (Lipinski definition) is 1. The standard InChI is InChI=1S/C17H19N5O2/c1-11-8-13(5-7-24-11)22-16-14(10-19-22)17(23)21-15(20-16)9-12-4-2-3-6-18-12/h2-4,6,10-11,13H,5,7-9H2,1H3,(H,20,21,23). The summed E-state index contributed by atoms with van der Waals surface area (Å²) in [5, 5.41) is 4.95. The number of aromatic amines is 1. The Balaban J connectivity index is 1.73. The van der Waals surface area contributed by atoms with Crippen molar-refractivity contribution < 1.29 is 4.74 Å². The Bertz CT molecular complexity index is 902. The quantitative estimate of drug-likeness (QED) is 0.794. The zero-order valence-electron chi connectivity index (χ0n) is 13.5. The SMILES string of the molecule is CC1CC(n2ncc3c(=O)[nH]c(Cc4ccccn4)nc32)CCO1. The van der Waals surface area contributed by atoms with E-state index in [1.165, 1.54) is 0 Å². The van der Waals surface area contributed by atoms with E-state index in [1.807, 2.05) is 22.9 Å². The Morgan fingerprint density at radius 3 is 3.12 bits per heavy atom. The number of H-pyrrole nitrogens is 1. The van der Waals surface area contributed by atoms with Gasteiger partial charge in [0.15, 0.2) is 5.65 Å². The second kappa shape index (κ2) is 6.16. The number of rotatable bonds is 3. The number of pyridine rings is 1. The average molecular weight is 325 g/mol. The summed E-state index contributed by atoms with van der Waals surface area (Å²) in [5.74, 6) is 0.605. The molecule has 1 aliphatic rings. The molecule has 0 aliphatic carbocycles. The minimum atomic E-state index is -0.155. The van der Waals surface area contributed by atoms with Gasteiger partial charge in [0.2, 0.25) is 0 Å². The van der Waals surface area contributed by atoms with E-state index in [0.717, 1.165) is 18.5 Å². The molecule has 0 bridgehead atoms. The largest absolute Gasteiger partial charge is 0.378 e. The highest BCUT2D eigenvalue weighted by Crippen LogP contribution is 2.26. The van der Waals surface area contributed by atoms with Gasteiger partial charge in [0.05, 0.1) is 18.3 Å². The van der Waals surface area contributed by atoms with Crippen molar-refractivity contribution in [2.24, 2.45) is 0 Å². The molecule has 0 spiro atoms. The monoisotopic (exact) mass is 325 g/mol. The smallest absolute Gasteiger partial charge is 0.262 e. The van der Waals surface area contributed by atoms with E-state index in [-0.39, 0.29) is 17.7 Å². The molecule has 3 aromatic heterocycles. The van der Waals surface area contributed by atoms with Crippen LogP contribution in [0.25, 0.3) is 11.0 Å². The number of ether oxygens (including phenoxy) is 1. The number of nitrogens with zero attached hydrogens (tertiary/aromatic N) is 4. The average Bonchev–Trinajstić information content (AvgIpc) is 3.00. The highest BCUT2D eigenvalue weighted by Gasteiger charge is 2.24. The lowest BCUT2D eigenvalue weighted by atomic mass is 10.0. The Labute approximate surface area is 138 Å². The van der Waals surface area contributed by atoms with Crippen molar-refractivity contribution in [2.75, 3.05) is 6.61 Å². The van der Waals surface area contributed by atoms with Gasteiger partial charge in [0.25, 0.3) is 5.56 Å². The topological polar surface area (TPSA) is 85.7 Å². The van der Waals surface area contributed by atoms with Crippen molar-refractivity contribution in [3.8, 4) is 0 Å². The van der Waals surface area contributed by atoms with Crippen LogP contribution >= 0.6 is 0 Å². The van der Waals surface area contributed by atoms with Gasteiger partial charge >= 0.3 is 0 Å². The summed E-state index contributed by atoms with van der Waals surface area (Å²) < 4.78 is 7.49. The van der Waals surface area contributed by atoms with Crippen molar-refractivity contribution in [3.05, 3.63) is 52.5 Å². The van der Waals surface area contributed by atoms with Crippen LogP contribution < -0.4 is 5.56 Å². The van der Waals surface area contributed by atoms with Crippen LogP contribution in [0.3, 0.4) is 0 Å². The molecule has 0 radical (unpaired) electrons. The summed E-state index contributed by atoms with van der Waals surface area (Å²) in [6.45, 7) is 2.77. The molecule has 7 heteroatoms. The minimum absolute atomic E-state index is 0.155. The molecule has 124 valence electrons. The van der Waals surface area contributed by atoms with Crippen LogP contribution in [0.4, 0.5) is 0 Å². The van der Waals surface area contributed by atoms with Crippen LogP contribution in [0.5, 0.6) is 0 Å². The maximum Gasteiger partial charge on any atom is 0.262 e. The van der Waals surface area contributed by atoms with Gasteiger partial charge in [-0.2, -0.15) is 5.10 Å². The van der Waals surface area contributed by atoms with E-state index in [0.29, 0.717) is 29.9 Å². The third-order valence-electron chi connectivity index (χ3n) is 4.39. The van der Waals surface area contributed by atoms with Crippen molar-refractivity contribution in [3.63, 3.8) is 0 Å². The Hall–Kier alpha value is -2.54. The second-order valence-electron chi connectivity index (χ2n) is 6.20. The first-order valence-electron chi connectivity index (χ1n) is 8.18. The fourth-order valence-electron chi connectivity index (χ4n) is 3.20. The van der Waals surface area contributed by atoms with Gasteiger partial charge in [0, 0.05) is 24.9 Å². The van der Waals surface area contributed by atoms with Crippen LogP contribution in [-0.4, -0.2) is 37.4 Å². The molecule has 2 unspecified atom stereocenters. The third-order valence-corrected chi connectivity index (χ3v) is 4.39. The molecule has 4 heterocycles. The predicted molar refractivity (Wildman–Crippen MR) is 88.9 cm³/mol. The third kappa shape index (κ3) is 2.82. The molecule has 24 heavy (non-hydrogen) atoms. The molecule has 4 rings (SSSR count).